The van der Waals surface area contributed by atoms with Gasteiger partial charge in [-0.2, -0.15) is 0 Å². The molecule has 0 aromatic rings. The van der Waals surface area contributed by atoms with Crippen LogP contribution in [0.3, 0.4) is 0 Å². The molecular weight excluding hydrogens is 200 g/mol. The van der Waals surface area contributed by atoms with Crippen molar-refractivity contribution in [1.29, 1.82) is 0 Å². The highest BCUT2D eigenvalue weighted by Gasteiger charge is 2.38. The van der Waals surface area contributed by atoms with Crippen LogP contribution in [0.4, 0.5) is 0 Å². The number of hydrogen-bond donors (Lipinski definition) is 0. The summed E-state index contributed by atoms with van der Waals surface area (Å²) >= 11 is 0. The van der Waals surface area contributed by atoms with Gasteiger partial charge in [-0.25, -0.2) is 0 Å². The molecule has 2 saturated heterocycles. The lowest BCUT2D eigenvalue weighted by Crippen LogP contribution is -2.55. The Morgan fingerprint density at radius 2 is 1.75 bits per heavy atom. The summed E-state index contributed by atoms with van der Waals surface area (Å²) in [5.74, 6) is 0. The van der Waals surface area contributed by atoms with Crippen molar-refractivity contribution in [2.45, 2.75) is 39.2 Å². The van der Waals surface area contributed by atoms with Crippen LogP contribution in [0, 0.1) is 0 Å². The number of likely N-dealkylation sites (tertiary alicyclic amines) is 1. The normalized spacial score (nSPS) is 26.2. The number of morpholine rings is 1. The third-order valence-corrected chi connectivity index (χ3v) is 3.65. The van der Waals surface area contributed by atoms with Gasteiger partial charge < -0.3 is 14.5 Å². The van der Waals surface area contributed by atoms with Crippen LogP contribution >= 0.6 is 0 Å². The molecule has 16 heavy (non-hydrogen) atoms. The molecule has 3 heteroatoms. The van der Waals surface area contributed by atoms with Crippen molar-refractivity contribution in [2.24, 2.45) is 0 Å². The predicted molar refractivity (Wildman–Crippen MR) is 68.9 cm³/mol. The van der Waals surface area contributed by atoms with Gasteiger partial charge in [0.05, 0.1) is 12.2 Å². The van der Waals surface area contributed by atoms with Crippen LogP contribution in [0.2, 0.25) is 0 Å². The molecule has 0 N–H and O–H groups in total. The average molecular weight is 228 g/mol. The van der Waals surface area contributed by atoms with Crippen LogP contribution in [-0.2, 0) is 4.74 Å². The van der Waals surface area contributed by atoms with Gasteiger partial charge in [0, 0.05) is 26.2 Å². The first-order valence-electron chi connectivity index (χ1n) is 6.79. The van der Waals surface area contributed by atoms with Gasteiger partial charge in [-0.1, -0.05) is 20.8 Å². The van der Waals surface area contributed by atoms with Gasteiger partial charge in [0.2, 0.25) is 0 Å². The Labute approximate surface area is 101 Å². The van der Waals surface area contributed by atoms with Crippen LogP contribution in [0.25, 0.3) is 0 Å². The van der Waals surface area contributed by atoms with Crippen molar-refractivity contribution in [3.8, 4) is 0 Å². The molecule has 0 aromatic carbocycles. The van der Waals surface area contributed by atoms with Gasteiger partial charge >= 0.3 is 0 Å². The molecule has 0 amide bonds. The first-order valence-corrected chi connectivity index (χ1v) is 6.79. The van der Waals surface area contributed by atoms with E-state index in [0.29, 0.717) is 0 Å². The first-order chi connectivity index (χ1) is 7.74. The number of nitrogens with zero attached hydrogens (tertiary/aromatic N) is 2. The molecule has 0 bridgehead atoms. The fraction of sp³-hybridized carbons (Fsp3) is 1.00. The second-order valence-electron chi connectivity index (χ2n) is 4.70. The number of likely N-dealkylation sites (N-methyl/N-ethyl adjacent to an activating group) is 1. The van der Waals surface area contributed by atoms with Crippen molar-refractivity contribution in [3.05, 3.63) is 0 Å². The SMILES string of the molecule is CC.CCN1CCC2(CC1)CN(C)CCO2. The number of rotatable bonds is 1. The smallest absolute Gasteiger partial charge is 0.0833 e. The molecule has 0 atom stereocenters. The fourth-order valence-electron chi connectivity index (χ4n) is 2.61. The highest BCUT2D eigenvalue weighted by atomic mass is 16.5. The predicted octanol–water partition coefficient (Wildman–Crippen LogP) is 1.83. The van der Waals surface area contributed by atoms with Gasteiger partial charge in [0.15, 0.2) is 0 Å². The van der Waals surface area contributed by atoms with Crippen LogP contribution < -0.4 is 0 Å². The zero-order chi connectivity index (χ0) is 12.0. The molecule has 0 aromatic heterocycles. The minimum atomic E-state index is 0.193. The van der Waals surface area contributed by atoms with Crippen LogP contribution in [0.5, 0.6) is 0 Å². The Balaban J connectivity index is 0.000000606. The van der Waals surface area contributed by atoms with E-state index in [1.165, 1.54) is 32.5 Å². The fourth-order valence-corrected chi connectivity index (χ4v) is 2.61. The molecule has 2 heterocycles. The summed E-state index contributed by atoms with van der Waals surface area (Å²) in [6.07, 6.45) is 2.43. The van der Waals surface area contributed by atoms with E-state index in [4.69, 9.17) is 4.74 Å². The number of hydrogen-bond acceptors (Lipinski definition) is 3. The second-order valence-corrected chi connectivity index (χ2v) is 4.70. The maximum absolute atomic E-state index is 6.00. The Hall–Kier alpha value is -0.120. The molecule has 3 nitrogen and oxygen atoms in total. The molecule has 0 unspecified atom stereocenters. The van der Waals surface area contributed by atoms with Crippen LogP contribution in [-0.4, -0.2) is 61.8 Å². The molecule has 0 saturated carbocycles. The van der Waals surface area contributed by atoms with Gasteiger partial charge in [0.1, 0.15) is 0 Å². The Morgan fingerprint density at radius 1 is 1.12 bits per heavy atom. The van der Waals surface area contributed by atoms with E-state index in [2.05, 4.69) is 23.8 Å². The summed E-state index contributed by atoms with van der Waals surface area (Å²) in [5, 5.41) is 0. The minimum Gasteiger partial charge on any atom is -0.372 e. The van der Waals surface area contributed by atoms with E-state index in [-0.39, 0.29) is 5.60 Å². The monoisotopic (exact) mass is 228 g/mol. The van der Waals surface area contributed by atoms with E-state index < -0.39 is 0 Å². The van der Waals surface area contributed by atoms with E-state index in [1.54, 1.807) is 0 Å². The highest BCUT2D eigenvalue weighted by molar-refractivity contribution is 4.91. The van der Waals surface area contributed by atoms with Crippen LogP contribution in [0.1, 0.15) is 33.6 Å². The molecule has 0 radical (unpaired) electrons. The van der Waals surface area contributed by atoms with E-state index in [1.807, 2.05) is 13.8 Å². The average Bonchev–Trinajstić information content (AvgIpc) is 2.33. The number of ether oxygens (including phenoxy) is 1. The van der Waals surface area contributed by atoms with Gasteiger partial charge in [-0.05, 0) is 26.4 Å². The maximum atomic E-state index is 6.00. The molecule has 2 fully saturated rings. The molecule has 2 rings (SSSR count). The Kier molecular flexibility index (Phi) is 5.73. The third-order valence-electron chi connectivity index (χ3n) is 3.65. The van der Waals surface area contributed by atoms with Crippen molar-refractivity contribution in [1.82, 2.24) is 9.80 Å². The minimum absolute atomic E-state index is 0.193. The molecule has 0 aliphatic carbocycles. The standard InChI is InChI=1S/C11H22N2O.C2H6/c1-3-13-6-4-11(5-7-13)10-12(2)8-9-14-11;1-2/h3-10H2,1-2H3;1-2H3. The topological polar surface area (TPSA) is 15.7 Å². The summed E-state index contributed by atoms with van der Waals surface area (Å²) in [5.41, 5.74) is 0.193. The molecule has 2 aliphatic rings. The lowest BCUT2D eigenvalue weighted by Gasteiger charge is -2.46. The lowest BCUT2D eigenvalue weighted by atomic mass is 9.89. The van der Waals surface area contributed by atoms with E-state index in [0.717, 1.165) is 19.7 Å². The van der Waals surface area contributed by atoms with Crippen molar-refractivity contribution < 1.29 is 4.74 Å². The van der Waals surface area contributed by atoms with Crippen molar-refractivity contribution in [2.75, 3.05) is 46.4 Å². The van der Waals surface area contributed by atoms with Crippen molar-refractivity contribution >= 4 is 0 Å². The van der Waals surface area contributed by atoms with E-state index >= 15 is 0 Å². The third kappa shape index (κ3) is 3.44. The number of piperidine rings is 1. The summed E-state index contributed by atoms with van der Waals surface area (Å²) in [7, 11) is 2.20. The van der Waals surface area contributed by atoms with Crippen molar-refractivity contribution in [3.63, 3.8) is 0 Å². The summed E-state index contributed by atoms with van der Waals surface area (Å²) < 4.78 is 6.00. The summed E-state index contributed by atoms with van der Waals surface area (Å²) in [6, 6.07) is 0. The Morgan fingerprint density at radius 3 is 2.25 bits per heavy atom. The largest absolute Gasteiger partial charge is 0.372 e. The lowest BCUT2D eigenvalue weighted by molar-refractivity contribution is -0.130. The Bertz CT molecular complexity index is 188. The van der Waals surface area contributed by atoms with E-state index in [9.17, 15) is 0 Å². The molecule has 96 valence electrons. The van der Waals surface area contributed by atoms with Gasteiger partial charge in [-0.3, -0.25) is 0 Å². The van der Waals surface area contributed by atoms with Crippen LogP contribution in [0.15, 0.2) is 0 Å². The first kappa shape index (κ1) is 13.9. The summed E-state index contributed by atoms with van der Waals surface area (Å²) in [4.78, 5) is 4.92. The molecule has 2 aliphatic heterocycles. The maximum Gasteiger partial charge on any atom is 0.0833 e. The zero-order valence-corrected chi connectivity index (χ0v) is 11.5. The van der Waals surface area contributed by atoms with Gasteiger partial charge in [-0.15, -0.1) is 0 Å². The zero-order valence-electron chi connectivity index (χ0n) is 11.5. The molecule has 1 spiro atoms. The second kappa shape index (κ2) is 6.58. The molecular formula is C13H28N2O. The quantitative estimate of drug-likeness (QED) is 0.681. The summed E-state index contributed by atoms with van der Waals surface area (Å²) in [6.45, 7) is 13.0. The van der Waals surface area contributed by atoms with Gasteiger partial charge in [0.25, 0.3) is 0 Å². The highest BCUT2D eigenvalue weighted by Crippen LogP contribution is 2.29.